The monoisotopic (exact) mass is 323 g/mol. The lowest BCUT2D eigenvalue weighted by molar-refractivity contribution is 0.00578. The molecule has 1 fully saturated rings. The maximum absolute atomic E-state index is 14.6. The van der Waals surface area contributed by atoms with Crippen LogP contribution in [0.15, 0.2) is 12.1 Å². The number of hydrogen-bond donors (Lipinski definition) is 0. The van der Waals surface area contributed by atoms with Crippen LogP contribution in [0.5, 0.6) is 5.75 Å². The second-order valence-electron chi connectivity index (χ2n) is 6.86. The zero-order valence-electron chi connectivity index (χ0n) is 14.7. The van der Waals surface area contributed by atoms with Crippen molar-refractivity contribution >= 4 is 18.5 Å². The van der Waals surface area contributed by atoms with Crippen LogP contribution in [0.1, 0.15) is 38.1 Å². The Hall–Kier alpha value is -1.60. The molecule has 0 bridgehead atoms. The van der Waals surface area contributed by atoms with Crippen LogP contribution in [-0.2, 0) is 9.31 Å². The molecule has 1 heterocycles. The second kappa shape index (κ2) is 5.80. The molecular formula is C16H23BFNO4. The standard InChI is InChI=1S/C16H23BFNO4/c1-15(2)16(3,4)23-17(22-15)11-9-13(21-7)10(8-12(11)18)14(20)19(5)6/h8-9H,1-7H3. The second-order valence-corrected chi connectivity index (χ2v) is 6.86. The number of hydrogen-bond acceptors (Lipinski definition) is 4. The first kappa shape index (κ1) is 17.8. The molecule has 126 valence electrons. The highest BCUT2D eigenvalue weighted by Crippen LogP contribution is 2.37. The van der Waals surface area contributed by atoms with Gasteiger partial charge in [-0.15, -0.1) is 0 Å². The fourth-order valence-corrected chi connectivity index (χ4v) is 2.30. The van der Waals surface area contributed by atoms with Gasteiger partial charge in [0.2, 0.25) is 0 Å². The molecule has 23 heavy (non-hydrogen) atoms. The van der Waals surface area contributed by atoms with E-state index in [2.05, 4.69) is 0 Å². The lowest BCUT2D eigenvalue weighted by Gasteiger charge is -2.32. The number of nitrogens with zero attached hydrogens (tertiary/aromatic N) is 1. The third-order valence-corrected chi connectivity index (χ3v) is 4.46. The molecule has 2 rings (SSSR count). The topological polar surface area (TPSA) is 48.0 Å². The third-order valence-electron chi connectivity index (χ3n) is 4.46. The summed E-state index contributed by atoms with van der Waals surface area (Å²) in [4.78, 5) is 13.5. The summed E-state index contributed by atoms with van der Waals surface area (Å²) >= 11 is 0. The smallest absolute Gasteiger partial charge is 0.496 e. The number of methoxy groups -OCH3 is 1. The zero-order valence-corrected chi connectivity index (χ0v) is 14.7. The Kier molecular flexibility index (Phi) is 4.48. The molecular weight excluding hydrogens is 300 g/mol. The van der Waals surface area contributed by atoms with E-state index < -0.39 is 24.1 Å². The minimum absolute atomic E-state index is 0.162. The Bertz CT molecular complexity index is 615. The highest BCUT2D eigenvalue weighted by molar-refractivity contribution is 6.62. The van der Waals surface area contributed by atoms with Gasteiger partial charge in [0.25, 0.3) is 5.91 Å². The van der Waals surface area contributed by atoms with E-state index in [1.807, 2.05) is 27.7 Å². The first-order valence-electron chi connectivity index (χ1n) is 7.45. The molecule has 1 aromatic carbocycles. The molecule has 0 atom stereocenters. The van der Waals surface area contributed by atoms with Gasteiger partial charge >= 0.3 is 7.12 Å². The van der Waals surface area contributed by atoms with Gasteiger partial charge in [-0.2, -0.15) is 0 Å². The number of rotatable bonds is 3. The summed E-state index contributed by atoms with van der Waals surface area (Å²) in [5.74, 6) is -0.606. The quantitative estimate of drug-likeness (QED) is 0.797. The normalized spacial score (nSPS) is 18.9. The van der Waals surface area contributed by atoms with Crippen molar-refractivity contribution in [1.29, 1.82) is 0 Å². The summed E-state index contributed by atoms with van der Waals surface area (Å²) in [5.41, 5.74) is -0.767. The first-order chi connectivity index (χ1) is 10.5. The number of carbonyl (C=O) groups is 1. The predicted octanol–water partition coefficient (Wildman–Crippen LogP) is 1.84. The van der Waals surface area contributed by atoms with Crippen molar-refractivity contribution < 1.29 is 23.2 Å². The maximum Gasteiger partial charge on any atom is 0.497 e. The van der Waals surface area contributed by atoms with Crippen molar-refractivity contribution in [2.45, 2.75) is 38.9 Å². The summed E-state index contributed by atoms with van der Waals surface area (Å²) in [5, 5.41) is 0. The molecule has 0 spiro atoms. The molecule has 0 radical (unpaired) electrons. The number of amides is 1. The highest BCUT2D eigenvalue weighted by Gasteiger charge is 2.52. The fraction of sp³-hybridized carbons (Fsp3) is 0.562. The average Bonchev–Trinajstić information content (AvgIpc) is 2.65. The van der Waals surface area contributed by atoms with Crippen LogP contribution in [0, 0.1) is 5.82 Å². The Morgan fingerprint density at radius 2 is 1.70 bits per heavy atom. The van der Waals surface area contributed by atoms with Crippen LogP contribution < -0.4 is 10.2 Å². The van der Waals surface area contributed by atoms with E-state index in [-0.39, 0.29) is 22.7 Å². The van der Waals surface area contributed by atoms with E-state index in [0.717, 1.165) is 0 Å². The van der Waals surface area contributed by atoms with E-state index in [1.54, 1.807) is 14.1 Å². The van der Waals surface area contributed by atoms with Crippen molar-refractivity contribution in [2.24, 2.45) is 0 Å². The molecule has 1 saturated heterocycles. The summed E-state index contributed by atoms with van der Waals surface area (Å²) in [6.45, 7) is 7.58. The fourth-order valence-electron chi connectivity index (χ4n) is 2.30. The van der Waals surface area contributed by atoms with Gasteiger partial charge in [-0.05, 0) is 39.8 Å². The molecule has 5 nitrogen and oxygen atoms in total. The lowest BCUT2D eigenvalue weighted by Crippen LogP contribution is -2.41. The van der Waals surface area contributed by atoms with Crippen molar-refractivity contribution in [2.75, 3.05) is 21.2 Å². The molecule has 1 amide bonds. The highest BCUT2D eigenvalue weighted by atomic mass is 19.1. The molecule has 0 aliphatic carbocycles. The van der Waals surface area contributed by atoms with E-state index in [9.17, 15) is 9.18 Å². The van der Waals surface area contributed by atoms with Crippen LogP contribution in [0.4, 0.5) is 4.39 Å². The van der Waals surface area contributed by atoms with E-state index in [4.69, 9.17) is 14.0 Å². The summed E-state index contributed by atoms with van der Waals surface area (Å²) < 4.78 is 31.5. The van der Waals surface area contributed by atoms with Gasteiger partial charge in [-0.25, -0.2) is 4.39 Å². The van der Waals surface area contributed by atoms with Gasteiger partial charge in [-0.1, -0.05) is 0 Å². The van der Waals surface area contributed by atoms with Crippen molar-refractivity contribution in [1.82, 2.24) is 4.90 Å². The molecule has 1 aliphatic rings. The van der Waals surface area contributed by atoms with Gasteiger partial charge in [0.05, 0.1) is 23.9 Å². The molecule has 0 aromatic heterocycles. The van der Waals surface area contributed by atoms with E-state index in [0.29, 0.717) is 0 Å². The van der Waals surface area contributed by atoms with E-state index in [1.165, 1.54) is 24.1 Å². The average molecular weight is 323 g/mol. The van der Waals surface area contributed by atoms with Crippen molar-refractivity contribution in [3.05, 3.63) is 23.5 Å². The molecule has 0 unspecified atom stereocenters. The summed E-state index contributed by atoms with van der Waals surface area (Å²) in [6.07, 6.45) is 0. The maximum atomic E-state index is 14.6. The minimum Gasteiger partial charge on any atom is -0.496 e. The number of benzene rings is 1. The Labute approximate surface area is 136 Å². The lowest BCUT2D eigenvalue weighted by atomic mass is 9.78. The van der Waals surface area contributed by atoms with Crippen LogP contribution >= 0.6 is 0 Å². The van der Waals surface area contributed by atoms with Gasteiger partial charge in [0, 0.05) is 19.6 Å². The molecule has 7 heteroatoms. The zero-order chi connectivity index (χ0) is 17.6. The van der Waals surface area contributed by atoms with Crippen LogP contribution in [-0.4, -0.2) is 50.3 Å². The minimum atomic E-state index is -0.850. The molecule has 0 N–H and O–H groups in total. The Balaban J connectivity index is 2.45. The van der Waals surface area contributed by atoms with Crippen LogP contribution in [0.3, 0.4) is 0 Å². The molecule has 1 aliphatic heterocycles. The summed E-state index contributed by atoms with van der Waals surface area (Å²) in [7, 11) is 3.79. The Morgan fingerprint density at radius 1 is 1.17 bits per heavy atom. The van der Waals surface area contributed by atoms with Gasteiger partial charge in [0.1, 0.15) is 11.6 Å². The number of carbonyl (C=O) groups excluding carboxylic acids is 1. The first-order valence-corrected chi connectivity index (χ1v) is 7.45. The van der Waals surface area contributed by atoms with Crippen LogP contribution in [0.2, 0.25) is 0 Å². The SMILES string of the molecule is COc1cc(B2OC(C)(C)C(C)(C)O2)c(F)cc1C(=O)N(C)C. The van der Waals surface area contributed by atoms with Crippen LogP contribution in [0.25, 0.3) is 0 Å². The third kappa shape index (κ3) is 3.08. The Morgan fingerprint density at radius 3 is 2.13 bits per heavy atom. The summed E-state index contributed by atoms with van der Waals surface area (Å²) in [6, 6.07) is 2.63. The van der Waals surface area contributed by atoms with Gasteiger partial charge < -0.3 is 18.9 Å². The van der Waals surface area contributed by atoms with Crippen molar-refractivity contribution in [3.8, 4) is 5.75 Å². The van der Waals surface area contributed by atoms with Gasteiger partial charge in [0.15, 0.2) is 0 Å². The largest absolute Gasteiger partial charge is 0.497 e. The number of halogens is 1. The van der Waals surface area contributed by atoms with Gasteiger partial charge in [-0.3, -0.25) is 4.79 Å². The number of ether oxygens (including phenoxy) is 1. The molecule has 0 saturated carbocycles. The molecule has 1 aromatic rings. The predicted molar refractivity (Wildman–Crippen MR) is 86.7 cm³/mol. The van der Waals surface area contributed by atoms with E-state index >= 15 is 0 Å². The van der Waals surface area contributed by atoms with Crippen molar-refractivity contribution in [3.63, 3.8) is 0 Å².